The van der Waals surface area contributed by atoms with Crippen molar-refractivity contribution in [1.82, 2.24) is 10.2 Å². The summed E-state index contributed by atoms with van der Waals surface area (Å²) >= 11 is 3.43. The molecule has 1 fully saturated rings. The van der Waals surface area contributed by atoms with E-state index < -0.39 is 0 Å². The number of nitrogens with one attached hydrogen (secondary N) is 1. The molecule has 1 aromatic carbocycles. The summed E-state index contributed by atoms with van der Waals surface area (Å²) in [6.45, 7) is 2.72. The highest BCUT2D eigenvalue weighted by Crippen LogP contribution is 2.22. The Bertz CT molecular complexity index is 408. The van der Waals surface area contributed by atoms with Gasteiger partial charge < -0.3 is 10.2 Å². The van der Waals surface area contributed by atoms with Gasteiger partial charge in [-0.05, 0) is 54.0 Å². The summed E-state index contributed by atoms with van der Waals surface area (Å²) < 4.78 is 0.877. The van der Waals surface area contributed by atoms with Crippen molar-refractivity contribution in [1.29, 1.82) is 0 Å². The summed E-state index contributed by atoms with van der Waals surface area (Å²) in [7, 11) is 1.96. The van der Waals surface area contributed by atoms with Crippen LogP contribution in [-0.4, -0.2) is 37.5 Å². The van der Waals surface area contributed by atoms with Crippen LogP contribution in [0.15, 0.2) is 28.7 Å². The number of likely N-dealkylation sites (tertiary alicyclic amines) is 1. The predicted molar refractivity (Wildman–Crippen MR) is 72.1 cm³/mol. The van der Waals surface area contributed by atoms with Crippen molar-refractivity contribution in [3.05, 3.63) is 34.3 Å². The number of hydrogen-bond acceptors (Lipinski definition) is 2. The zero-order chi connectivity index (χ0) is 12.3. The van der Waals surface area contributed by atoms with Gasteiger partial charge in [-0.1, -0.05) is 12.1 Å². The molecular formula is C13H17BrN2O. The van der Waals surface area contributed by atoms with Crippen LogP contribution in [0.3, 0.4) is 0 Å². The van der Waals surface area contributed by atoms with Crippen LogP contribution in [0.25, 0.3) is 0 Å². The Morgan fingerprint density at radius 1 is 1.53 bits per heavy atom. The fourth-order valence-corrected chi connectivity index (χ4v) is 2.73. The molecule has 1 atom stereocenters. The van der Waals surface area contributed by atoms with Gasteiger partial charge in [-0.25, -0.2) is 0 Å². The van der Waals surface area contributed by atoms with Crippen LogP contribution < -0.4 is 5.32 Å². The first kappa shape index (κ1) is 12.6. The average Bonchev–Trinajstić information content (AvgIpc) is 2.78. The number of benzene rings is 1. The van der Waals surface area contributed by atoms with Gasteiger partial charge in [-0.3, -0.25) is 4.79 Å². The normalized spacial score (nSPS) is 19.6. The number of amides is 1. The summed E-state index contributed by atoms with van der Waals surface area (Å²) in [5.41, 5.74) is 0.762. The van der Waals surface area contributed by atoms with Crippen LogP contribution in [0.4, 0.5) is 0 Å². The molecule has 3 nitrogen and oxygen atoms in total. The van der Waals surface area contributed by atoms with Gasteiger partial charge >= 0.3 is 0 Å². The molecule has 0 bridgehead atoms. The van der Waals surface area contributed by atoms with E-state index in [2.05, 4.69) is 21.2 Å². The highest BCUT2D eigenvalue weighted by molar-refractivity contribution is 9.10. The molecule has 1 unspecified atom stereocenters. The standard InChI is InChI=1S/C13H17BrN2O/c1-15-8-10-6-7-16(9-10)13(17)11-4-2-3-5-12(11)14/h2-5,10,15H,6-9H2,1H3. The molecule has 0 spiro atoms. The van der Waals surface area contributed by atoms with E-state index in [1.807, 2.05) is 36.2 Å². The smallest absolute Gasteiger partial charge is 0.255 e. The lowest BCUT2D eigenvalue weighted by molar-refractivity contribution is 0.0786. The molecule has 1 aliphatic rings. The number of hydrogen-bond donors (Lipinski definition) is 1. The molecule has 0 aromatic heterocycles. The molecule has 92 valence electrons. The second kappa shape index (κ2) is 5.65. The van der Waals surface area contributed by atoms with E-state index in [4.69, 9.17) is 0 Å². The van der Waals surface area contributed by atoms with Gasteiger partial charge in [0.05, 0.1) is 5.56 Å². The van der Waals surface area contributed by atoms with Crippen LogP contribution in [-0.2, 0) is 0 Å². The molecule has 17 heavy (non-hydrogen) atoms. The zero-order valence-electron chi connectivity index (χ0n) is 9.95. The largest absolute Gasteiger partial charge is 0.338 e. The number of carbonyl (C=O) groups excluding carboxylic acids is 1. The summed E-state index contributed by atoms with van der Waals surface area (Å²) in [5.74, 6) is 0.725. The molecule has 0 radical (unpaired) electrons. The van der Waals surface area contributed by atoms with Gasteiger partial charge in [0.1, 0.15) is 0 Å². The Morgan fingerprint density at radius 3 is 3.00 bits per heavy atom. The Morgan fingerprint density at radius 2 is 2.29 bits per heavy atom. The average molecular weight is 297 g/mol. The van der Waals surface area contributed by atoms with Gasteiger partial charge in [0.25, 0.3) is 5.91 Å². The Kier molecular flexibility index (Phi) is 4.18. The van der Waals surface area contributed by atoms with Crippen LogP contribution in [0.2, 0.25) is 0 Å². The third-order valence-electron chi connectivity index (χ3n) is 3.17. The third kappa shape index (κ3) is 2.87. The van der Waals surface area contributed by atoms with E-state index in [0.29, 0.717) is 5.92 Å². The lowest BCUT2D eigenvalue weighted by atomic mass is 10.1. The molecule has 1 heterocycles. The minimum absolute atomic E-state index is 0.135. The molecule has 0 aliphatic carbocycles. The highest BCUT2D eigenvalue weighted by atomic mass is 79.9. The van der Waals surface area contributed by atoms with Gasteiger partial charge in [0.2, 0.25) is 0 Å². The highest BCUT2D eigenvalue weighted by Gasteiger charge is 2.27. The minimum atomic E-state index is 0.135. The molecule has 1 saturated heterocycles. The Hall–Kier alpha value is -0.870. The van der Waals surface area contributed by atoms with Gasteiger partial charge in [0.15, 0.2) is 0 Å². The first-order chi connectivity index (χ1) is 8.22. The van der Waals surface area contributed by atoms with Gasteiger partial charge in [-0.15, -0.1) is 0 Å². The van der Waals surface area contributed by atoms with E-state index in [-0.39, 0.29) is 5.91 Å². The van der Waals surface area contributed by atoms with Crippen molar-refractivity contribution >= 4 is 21.8 Å². The van der Waals surface area contributed by atoms with Crippen molar-refractivity contribution in [2.45, 2.75) is 6.42 Å². The summed E-state index contributed by atoms with van der Waals surface area (Å²) in [6, 6.07) is 7.61. The molecule has 4 heteroatoms. The molecule has 1 aliphatic heterocycles. The minimum Gasteiger partial charge on any atom is -0.338 e. The molecule has 1 N–H and O–H groups in total. The number of nitrogens with zero attached hydrogens (tertiary/aromatic N) is 1. The summed E-state index contributed by atoms with van der Waals surface area (Å²) in [4.78, 5) is 14.2. The molecule has 2 rings (SSSR count). The van der Waals surface area contributed by atoms with Crippen LogP contribution in [0.5, 0.6) is 0 Å². The third-order valence-corrected chi connectivity index (χ3v) is 3.86. The zero-order valence-corrected chi connectivity index (χ0v) is 11.5. The predicted octanol–water partition coefficient (Wildman–Crippen LogP) is 2.13. The van der Waals surface area contributed by atoms with Crippen molar-refractivity contribution in [2.75, 3.05) is 26.7 Å². The maximum absolute atomic E-state index is 12.3. The lowest BCUT2D eigenvalue weighted by Crippen LogP contribution is -2.30. The van der Waals surface area contributed by atoms with Crippen LogP contribution in [0.1, 0.15) is 16.8 Å². The molecule has 1 amide bonds. The molecule has 0 saturated carbocycles. The van der Waals surface area contributed by atoms with E-state index in [9.17, 15) is 4.79 Å². The molecular weight excluding hydrogens is 280 g/mol. The van der Waals surface area contributed by atoms with Crippen molar-refractivity contribution in [3.63, 3.8) is 0 Å². The summed E-state index contributed by atoms with van der Waals surface area (Å²) in [5, 5.41) is 3.17. The van der Waals surface area contributed by atoms with Gasteiger partial charge in [0, 0.05) is 17.6 Å². The number of carbonyl (C=O) groups is 1. The van der Waals surface area contributed by atoms with Crippen molar-refractivity contribution in [3.8, 4) is 0 Å². The van der Waals surface area contributed by atoms with Gasteiger partial charge in [-0.2, -0.15) is 0 Å². The quantitative estimate of drug-likeness (QED) is 0.927. The van der Waals surface area contributed by atoms with Crippen LogP contribution >= 0.6 is 15.9 Å². The maximum Gasteiger partial charge on any atom is 0.255 e. The second-order valence-electron chi connectivity index (χ2n) is 4.44. The van der Waals surface area contributed by atoms with Crippen molar-refractivity contribution in [2.24, 2.45) is 5.92 Å². The summed E-state index contributed by atoms with van der Waals surface area (Å²) in [6.07, 6.45) is 1.09. The lowest BCUT2D eigenvalue weighted by Gasteiger charge is -2.17. The monoisotopic (exact) mass is 296 g/mol. The number of rotatable bonds is 3. The maximum atomic E-state index is 12.3. The van der Waals surface area contributed by atoms with Crippen molar-refractivity contribution < 1.29 is 4.79 Å². The number of halogens is 1. The topological polar surface area (TPSA) is 32.3 Å². The Balaban J connectivity index is 2.05. The van der Waals surface area contributed by atoms with E-state index in [0.717, 1.165) is 36.1 Å². The Labute approximate surface area is 110 Å². The fourth-order valence-electron chi connectivity index (χ4n) is 2.28. The van der Waals surface area contributed by atoms with E-state index >= 15 is 0 Å². The van der Waals surface area contributed by atoms with Crippen LogP contribution in [0, 0.1) is 5.92 Å². The fraction of sp³-hybridized carbons (Fsp3) is 0.462. The molecule has 1 aromatic rings. The first-order valence-electron chi connectivity index (χ1n) is 5.90. The first-order valence-corrected chi connectivity index (χ1v) is 6.70. The second-order valence-corrected chi connectivity index (χ2v) is 5.30. The van der Waals surface area contributed by atoms with E-state index in [1.54, 1.807) is 0 Å². The SMILES string of the molecule is CNCC1CCN(C(=O)c2ccccc2Br)C1. The van der Waals surface area contributed by atoms with E-state index in [1.165, 1.54) is 0 Å².